The number of likely N-dealkylation sites (N-methyl/N-ethyl adjacent to an activating group) is 1. The Hall–Kier alpha value is -3.25. The molecule has 0 unspecified atom stereocenters. The number of carbonyl (C=O) groups excluding carboxylic acids is 3. The van der Waals surface area contributed by atoms with Crippen molar-refractivity contribution < 1.29 is 14.4 Å². The van der Waals surface area contributed by atoms with Crippen LogP contribution in [-0.2, 0) is 22.4 Å². The first-order valence-corrected chi connectivity index (χ1v) is 20.3. The summed E-state index contributed by atoms with van der Waals surface area (Å²) in [5.41, 5.74) is 14.3. The van der Waals surface area contributed by atoms with Crippen LogP contribution in [0, 0.1) is 23.7 Å². The average Bonchev–Trinajstić information content (AvgIpc) is 3.54. The summed E-state index contributed by atoms with van der Waals surface area (Å²) in [5.74, 6) is 0.955. The second-order valence-corrected chi connectivity index (χ2v) is 16.6. The highest BCUT2D eigenvalue weighted by atomic mass is 32.1. The molecule has 2 aromatic heterocycles. The first-order chi connectivity index (χ1) is 24.5. The molecule has 0 radical (unpaired) electrons. The number of aromatic nitrogens is 2. The van der Waals surface area contributed by atoms with Crippen LogP contribution >= 0.6 is 11.3 Å². The molecule has 0 aliphatic heterocycles. The molecule has 51 heavy (non-hydrogen) atoms. The summed E-state index contributed by atoms with van der Waals surface area (Å²) in [6.45, 7) is 7.39. The van der Waals surface area contributed by atoms with Crippen molar-refractivity contribution >= 4 is 34.3 Å². The van der Waals surface area contributed by atoms with E-state index < -0.39 is 12.1 Å². The van der Waals surface area contributed by atoms with Crippen LogP contribution in [0.3, 0.4) is 0 Å². The van der Waals surface area contributed by atoms with Gasteiger partial charge in [-0.25, -0.2) is 9.78 Å². The Morgan fingerprint density at radius 3 is 2.25 bits per heavy atom. The number of hydrogen-bond donors (Lipinski definition) is 4. The molecule has 4 rings (SSSR count). The van der Waals surface area contributed by atoms with E-state index in [0.717, 1.165) is 57.1 Å². The van der Waals surface area contributed by atoms with Crippen LogP contribution in [-0.4, -0.2) is 82.4 Å². The lowest BCUT2D eigenvalue weighted by Gasteiger charge is -2.35. The van der Waals surface area contributed by atoms with Crippen molar-refractivity contribution in [3.8, 4) is 0 Å². The minimum Gasteiger partial charge on any atom is -0.375 e. The summed E-state index contributed by atoms with van der Waals surface area (Å²) in [6.07, 6.45) is 15.8. The van der Waals surface area contributed by atoms with E-state index in [1.807, 2.05) is 23.6 Å². The average molecular weight is 725 g/mol. The highest BCUT2D eigenvalue weighted by Crippen LogP contribution is 2.30. The number of rotatable bonds is 18. The van der Waals surface area contributed by atoms with Crippen LogP contribution in [0.5, 0.6) is 0 Å². The Kier molecular flexibility index (Phi) is 16.4. The molecule has 4 atom stereocenters. The number of nitrogen functional groups attached to an aromatic ring is 1. The summed E-state index contributed by atoms with van der Waals surface area (Å²) in [7, 11) is 1.77. The minimum atomic E-state index is -0.896. The topological polar surface area (TPSA) is 160 Å². The molecule has 2 heterocycles. The number of amides is 4. The van der Waals surface area contributed by atoms with Crippen molar-refractivity contribution in [3.05, 3.63) is 41.2 Å². The maximum absolute atomic E-state index is 14.3. The summed E-state index contributed by atoms with van der Waals surface area (Å²) in [6, 6.07) is 4.26. The number of nitrogens with two attached hydrogens (primary N) is 2. The van der Waals surface area contributed by atoms with E-state index in [0.29, 0.717) is 48.1 Å². The van der Waals surface area contributed by atoms with Gasteiger partial charge in [0, 0.05) is 62.3 Å². The Labute approximate surface area is 310 Å². The molecule has 12 heteroatoms. The summed E-state index contributed by atoms with van der Waals surface area (Å²) >= 11 is 1.31. The van der Waals surface area contributed by atoms with Crippen LogP contribution in [0.4, 0.5) is 9.93 Å². The molecule has 0 aromatic carbocycles. The maximum Gasteiger partial charge on any atom is 0.318 e. The lowest BCUT2D eigenvalue weighted by Crippen LogP contribution is -2.57. The maximum atomic E-state index is 14.3. The number of pyridine rings is 1. The van der Waals surface area contributed by atoms with Crippen molar-refractivity contribution in [1.82, 2.24) is 30.4 Å². The SMILES string of the molecule is CC(C)C[C@H](N)[C@H](C)[C@H](CC1CCCCC1)NC(=O)[C@H](Cc1csc(N)n1)NC(=O)N(CC(=O)N(C)CCc1ccccn1)CC1CCCCC1. The van der Waals surface area contributed by atoms with Crippen molar-refractivity contribution in [2.24, 2.45) is 29.4 Å². The molecule has 11 nitrogen and oxygen atoms in total. The van der Waals surface area contributed by atoms with Crippen molar-refractivity contribution in [2.45, 2.75) is 129 Å². The van der Waals surface area contributed by atoms with Crippen molar-refractivity contribution in [1.29, 1.82) is 0 Å². The second kappa shape index (κ2) is 20.7. The molecule has 2 aliphatic rings. The molecular formula is C39H64N8O3S. The molecule has 284 valence electrons. The third kappa shape index (κ3) is 13.7. The molecule has 2 aliphatic carbocycles. The van der Waals surface area contributed by atoms with E-state index in [4.69, 9.17) is 11.5 Å². The van der Waals surface area contributed by atoms with Gasteiger partial charge < -0.3 is 31.9 Å². The number of anilines is 1. The van der Waals surface area contributed by atoms with Gasteiger partial charge in [0.1, 0.15) is 12.6 Å². The van der Waals surface area contributed by atoms with Gasteiger partial charge in [0.15, 0.2) is 5.13 Å². The van der Waals surface area contributed by atoms with Crippen LogP contribution in [0.15, 0.2) is 29.8 Å². The highest BCUT2D eigenvalue weighted by Gasteiger charge is 2.33. The molecule has 2 saturated carbocycles. The van der Waals surface area contributed by atoms with Gasteiger partial charge in [0.05, 0.1) is 5.69 Å². The van der Waals surface area contributed by atoms with Gasteiger partial charge in [-0.05, 0) is 61.5 Å². The van der Waals surface area contributed by atoms with E-state index >= 15 is 0 Å². The normalized spacial score (nSPS) is 18.1. The first-order valence-electron chi connectivity index (χ1n) is 19.4. The zero-order chi connectivity index (χ0) is 36.8. The third-order valence-electron chi connectivity index (χ3n) is 11.0. The van der Waals surface area contributed by atoms with E-state index in [1.165, 1.54) is 37.0 Å². The van der Waals surface area contributed by atoms with Crippen molar-refractivity contribution in [3.63, 3.8) is 0 Å². The molecule has 2 fully saturated rings. The Morgan fingerprint density at radius 2 is 1.65 bits per heavy atom. The highest BCUT2D eigenvalue weighted by molar-refractivity contribution is 7.13. The summed E-state index contributed by atoms with van der Waals surface area (Å²) < 4.78 is 0. The molecule has 6 N–H and O–H groups in total. The van der Waals surface area contributed by atoms with E-state index in [2.05, 4.69) is 41.4 Å². The number of thiazole rings is 1. The zero-order valence-electron chi connectivity index (χ0n) is 31.5. The fraction of sp³-hybridized carbons (Fsp3) is 0.718. The minimum absolute atomic E-state index is 0.0584. The predicted octanol–water partition coefficient (Wildman–Crippen LogP) is 5.79. The number of carbonyl (C=O) groups is 3. The Balaban J connectivity index is 1.52. The Bertz CT molecular complexity index is 1340. The lowest BCUT2D eigenvalue weighted by molar-refractivity contribution is -0.130. The number of nitrogens with one attached hydrogen (secondary N) is 2. The van der Waals surface area contributed by atoms with Gasteiger partial charge in [0.25, 0.3) is 0 Å². The van der Waals surface area contributed by atoms with Gasteiger partial charge in [-0.15, -0.1) is 11.3 Å². The molecule has 0 saturated heterocycles. The van der Waals surface area contributed by atoms with Gasteiger partial charge >= 0.3 is 6.03 Å². The largest absolute Gasteiger partial charge is 0.375 e. The smallest absolute Gasteiger partial charge is 0.318 e. The van der Waals surface area contributed by atoms with Gasteiger partial charge in [-0.2, -0.15) is 0 Å². The van der Waals surface area contributed by atoms with Crippen LogP contribution in [0.1, 0.15) is 109 Å². The number of urea groups is 1. The van der Waals surface area contributed by atoms with Gasteiger partial charge in [-0.1, -0.05) is 78.2 Å². The predicted molar refractivity (Wildman–Crippen MR) is 206 cm³/mol. The lowest BCUT2D eigenvalue weighted by atomic mass is 9.79. The fourth-order valence-electron chi connectivity index (χ4n) is 7.74. The fourth-order valence-corrected chi connectivity index (χ4v) is 8.32. The molecule has 2 aromatic rings. The third-order valence-corrected chi connectivity index (χ3v) is 11.7. The van der Waals surface area contributed by atoms with Crippen molar-refractivity contribution in [2.75, 3.05) is 32.4 Å². The standard InChI is InChI=1S/C39H64N8O3S/c1-27(2)21-33(40)28(3)34(22-29-13-7-5-8-14-29)44-37(49)35(23-32-26-51-38(41)43-32)45-39(50)47(24-30-15-9-6-10-16-30)25-36(48)46(4)20-18-31-17-11-12-19-42-31/h11-12,17,19,26-30,33-35H,5-10,13-16,18,20-25,40H2,1-4H3,(H2,41,43)(H,44,49)(H,45,50)/t28-,33-,34-,35-/m0/s1. The van der Waals surface area contributed by atoms with E-state index in [1.54, 1.807) is 23.0 Å². The van der Waals surface area contributed by atoms with Crippen LogP contribution in [0.2, 0.25) is 0 Å². The number of hydrogen-bond acceptors (Lipinski definition) is 8. The van der Waals surface area contributed by atoms with Crippen LogP contribution in [0.25, 0.3) is 0 Å². The number of nitrogens with zero attached hydrogens (tertiary/aromatic N) is 4. The summed E-state index contributed by atoms with van der Waals surface area (Å²) in [4.78, 5) is 54.2. The van der Waals surface area contributed by atoms with Gasteiger partial charge in [0.2, 0.25) is 11.8 Å². The second-order valence-electron chi connectivity index (χ2n) is 15.7. The quantitative estimate of drug-likeness (QED) is 0.152. The summed E-state index contributed by atoms with van der Waals surface area (Å²) in [5, 5.41) is 8.69. The first kappa shape index (κ1) is 40.5. The Morgan fingerprint density at radius 1 is 0.961 bits per heavy atom. The molecule has 0 spiro atoms. The monoisotopic (exact) mass is 724 g/mol. The van der Waals surface area contributed by atoms with E-state index in [-0.39, 0.29) is 42.8 Å². The van der Waals surface area contributed by atoms with E-state index in [9.17, 15) is 14.4 Å². The zero-order valence-corrected chi connectivity index (χ0v) is 32.3. The van der Waals surface area contributed by atoms with Crippen LogP contribution < -0.4 is 22.1 Å². The molecule has 4 amide bonds. The molecule has 0 bridgehead atoms. The van der Waals surface area contributed by atoms with Gasteiger partial charge in [-0.3, -0.25) is 14.6 Å². The molecular weight excluding hydrogens is 661 g/mol.